The van der Waals surface area contributed by atoms with E-state index < -0.39 is 12.1 Å². The number of Topliss-reactive ketones (excluding diaryl/α,β-unsaturated/α-hetero) is 1. The normalized spacial score (nSPS) is 19.1. The van der Waals surface area contributed by atoms with E-state index in [1.165, 1.54) is 11.8 Å². The van der Waals surface area contributed by atoms with Crippen LogP contribution in [0.3, 0.4) is 0 Å². The highest BCUT2D eigenvalue weighted by atomic mass is 35.5. The summed E-state index contributed by atoms with van der Waals surface area (Å²) in [7, 11) is 0. The second-order valence-corrected chi connectivity index (χ2v) is 11.5. The Hall–Kier alpha value is -4.07. The zero-order valence-electron chi connectivity index (χ0n) is 22.7. The maximum absolute atomic E-state index is 13.4. The van der Waals surface area contributed by atoms with Gasteiger partial charge in [-0.2, -0.15) is 0 Å². The van der Waals surface area contributed by atoms with E-state index in [4.69, 9.17) is 32.9 Å². The Morgan fingerprint density at radius 3 is 2.19 bits per heavy atom. The van der Waals surface area contributed by atoms with Gasteiger partial charge in [-0.1, -0.05) is 60.3 Å². The summed E-state index contributed by atoms with van der Waals surface area (Å²) in [5, 5.41) is 1.32. The van der Waals surface area contributed by atoms with Crippen molar-refractivity contribution in [3.05, 3.63) is 94.0 Å². The molecule has 212 valence electrons. The molecule has 1 aliphatic heterocycles. The maximum Gasteiger partial charge on any atom is 0.339 e. The van der Waals surface area contributed by atoms with Crippen LogP contribution in [0, 0.1) is 11.8 Å². The average Bonchev–Trinajstić information content (AvgIpc) is 3.26. The van der Waals surface area contributed by atoms with Gasteiger partial charge in [0.25, 0.3) is 0 Å². The van der Waals surface area contributed by atoms with E-state index in [0.717, 1.165) is 25.7 Å². The average molecular weight is 601 g/mol. The Bertz CT molecular complexity index is 1710. The fourth-order valence-corrected chi connectivity index (χ4v) is 6.20. The molecular weight excluding hydrogens is 575 g/mol. The van der Waals surface area contributed by atoms with Gasteiger partial charge in [-0.3, -0.25) is 19.3 Å². The number of hydrogen-bond acceptors (Lipinski definition) is 6. The van der Waals surface area contributed by atoms with E-state index in [9.17, 15) is 19.2 Å². The van der Waals surface area contributed by atoms with Crippen molar-refractivity contribution in [2.45, 2.75) is 38.7 Å². The number of para-hydroxylation sites is 1. The molecule has 1 aromatic heterocycles. The smallest absolute Gasteiger partial charge is 0.339 e. The number of benzene rings is 3. The summed E-state index contributed by atoms with van der Waals surface area (Å²) in [5.41, 5.74) is 2.58. The molecule has 3 atom stereocenters. The summed E-state index contributed by atoms with van der Waals surface area (Å²) in [6.45, 7) is 1.52. The molecule has 3 unspecified atom stereocenters. The quantitative estimate of drug-likeness (QED) is 0.131. The first-order valence-corrected chi connectivity index (χ1v) is 14.6. The van der Waals surface area contributed by atoms with Gasteiger partial charge < -0.3 is 4.74 Å². The lowest BCUT2D eigenvalue weighted by Crippen LogP contribution is -2.30. The molecule has 1 saturated heterocycles. The van der Waals surface area contributed by atoms with Crippen LogP contribution in [0.2, 0.25) is 10.0 Å². The Labute approximate surface area is 252 Å². The van der Waals surface area contributed by atoms with Crippen molar-refractivity contribution in [3.8, 4) is 11.3 Å². The third-order valence-electron chi connectivity index (χ3n) is 8.05. The number of carbonyl (C=O) groups excluding carboxylic acids is 4. The van der Waals surface area contributed by atoms with Crippen molar-refractivity contribution in [1.82, 2.24) is 4.98 Å². The Kier molecular flexibility index (Phi) is 7.56. The Balaban J connectivity index is 1.30. The number of amides is 2. The van der Waals surface area contributed by atoms with Gasteiger partial charge in [0.05, 0.1) is 39.3 Å². The first-order valence-electron chi connectivity index (χ1n) is 13.8. The van der Waals surface area contributed by atoms with Gasteiger partial charge in [0, 0.05) is 21.5 Å². The summed E-state index contributed by atoms with van der Waals surface area (Å²) in [4.78, 5) is 58.4. The minimum Gasteiger partial charge on any atom is -0.451 e. The number of nitrogens with zero attached hydrogens (tertiary/aromatic N) is 2. The first kappa shape index (κ1) is 28.1. The lowest BCUT2D eigenvalue weighted by molar-refractivity contribution is -0.122. The van der Waals surface area contributed by atoms with Crippen LogP contribution in [0.4, 0.5) is 5.69 Å². The molecule has 3 aromatic carbocycles. The van der Waals surface area contributed by atoms with E-state index >= 15 is 0 Å². The van der Waals surface area contributed by atoms with Crippen molar-refractivity contribution in [2.75, 3.05) is 4.90 Å². The molecule has 0 spiro atoms. The molecule has 4 aromatic rings. The predicted molar refractivity (Wildman–Crippen MR) is 161 cm³/mol. The Morgan fingerprint density at radius 1 is 0.905 bits per heavy atom. The molecule has 2 amide bonds. The number of fused-ring (bicyclic) bond motifs is 2. The van der Waals surface area contributed by atoms with E-state index in [1.54, 1.807) is 72.8 Å². The number of ether oxygens (including phenoxy) is 1. The van der Waals surface area contributed by atoms with Crippen LogP contribution < -0.4 is 4.90 Å². The minimum absolute atomic E-state index is 0.139. The lowest BCUT2D eigenvalue weighted by atomic mass is 9.81. The molecule has 42 heavy (non-hydrogen) atoms. The Morgan fingerprint density at radius 2 is 1.55 bits per heavy atom. The van der Waals surface area contributed by atoms with E-state index in [2.05, 4.69) is 0 Å². The van der Waals surface area contributed by atoms with Crippen LogP contribution in [0.25, 0.3) is 22.2 Å². The molecule has 2 heterocycles. The number of esters is 1. The van der Waals surface area contributed by atoms with Gasteiger partial charge in [-0.15, -0.1) is 0 Å². The fraction of sp³-hybridized carbons (Fsp3) is 0.242. The maximum atomic E-state index is 13.4. The van der Waals surface area contributed by atoms with Crippen molar-refractivity contribution < 1.29 is 23.9 Å². The molecule has 2 fully saturated rings. The zero-order chi connectivity index (χ0) is 29.5. The molecule has 0 radical (unpaired) electrons. The zero-order valence-corrected chi connectivity index (χ0v) is 24.2. The molecule has 6 rings (SSSR count). The van der Waals surface area contributed by atoms with Crippen LogP contribution in [-0.4, -0.2) is 34.7 Å². The molecule has 1 saturated carbocycles. The monoisotopic (exact) mass is 600 g/mol. The highest BCUT2D eigenvalue weighted by Crippen LogP contribution is 2.40. The highest BCUT2D eigenvalue weighted by Gasteiger charge is 2.48. The van der Waals surface area contributed by atoms with Gasteiger partial charge in [0.1, 0.15) is 0 Å². The van der Waals surface area contributed by atoms with E-state index in [0.29, 0.717) is 43.5 Å². The number of rotatable bonds is 6. The van der Waals surface area contributed by atoms with Crippen LogP contribution in [-0.2, 0) is 14.3 Å². The van der Waals surface area contributed by atoms with Crippen molar-refractivity contribution >= 4 is 63.4 Å². The molecule has 1 aliphatic carbocycles. The van der Waals surface area contributed by atoms with Crippen molar-refractivity contribution in [1.29, 1.82) is 0 Å². The topological polar surface area (TPSA) is 93.6 Å². The second-order valence-electron chi connectivity index (χ2n) is 10.7. The number of imide groups is 1. The molecule has 9 heteroatoms. The number of aromatic nitrogens is 1. The van der Waals surface area contributed by atoms with E-state index in [-0.39, 0.29) is 35.0 Å². The van der Waals surface area contributed by atoms with Crippen LogP contribution >= 0.6 is 23.2 Å². The first-order chi connectivity index (χ1) is 20.2. The number of ketones is 1. The number of pyridine rings is 1. The van der Waals surface area contributed by atoms with Crippen molar-refractivity contribution in [2.24, 2.45) is 11.8 Å². The van der Waals surface area contributed by atoms with Gasteiger partial charge in [-0.25, -0.2) is 9.78 Å². The third-order valence-corrected chi connectivity index (χ3v) is 8.61. The molecule has 0 bridgehead atoms. The number of halogens is 2. The molecule has 7 nitrogen and oxygen atoms in total. The third kappa shape index (κ3) is 5.08. The molecule has 0 N–H and O–H groups in total. The fourth-order valence-electron chi connectivity index (χ4n) is 5.85. The molecule has 2 aliphatic rings. The van der Waals surface area contributed by atoms with Crippen LogP contribution in [0.5, 0.6) is 0 Å². The number of anilines is 1. The van der Waals surface area contributed by atoms with Gasteiger partial charge in [-0.05, 0) is 68.3 Å². The summed E-state index contributed by atoms with van der Waals surface area (Å²) < 4.78 is 5.60. The SMILES string of the molecule is CC(OC(=O)c1cc(-c2ccc(N3C(=O)C4CCCCC4C3=O)cc2)nc2c(Cl)cccc12)C(=O)c1ccc(Cl)cc1. The second kappa shape index (κ2) is 11.3. The summed E-state index contributed by atoms with van der Waals surface area (Å²) in [5.74, 6) is -1.82. The molecular formula is C33H26Cl2N2O5. The summed E-state index contributed by atoms with van der Waals surface area (Å²) in [6.07, 6.45) is 2.36. The minimum atomic E-state index is -1.05. The largest absolute Gasteiger partial charge is 0.451 e. The van der Waals surface area contributed by atoms with E-state index in [1.807, 2.05) is 0 Å². The standard InChI is InChI=1S/C33H26Cl2N2O5/c1-18(30(38)20-9-13-21(34)14-10-20)42-33(41)26-17-28(36-29-23(26)7-4-8-27(29)35)19-11-15-22(16-12-19)37-31(39)24-5-2-3-6-25(24)32(37)40/h4,7-18,24-25H,2-3,5-6H2,1H3. The number of hydrogen-bond donors (Lipinski definition) is 0. The van der Waals surface area contributed by atoms with Crippen LogP contribution in [0.15, 0.2) is 72.8 Å². The van der Waals surface area contributed by atoms with Gasteiger partial charge >= 0.3 is 5.97 Å². The summed E-state index contributed by atoms with van der Waals surface area (Å²) >= 11 is 12.4. The number of carbonyl (C=O) groups is 4. The highest BCUT2D eigenvalue weighted by molar-refractivity contribution is 6.35. The van der Waals surface area contributed by atoms with Crippen molar-refractivity contribution in [3.63, 3.8) is 0 Å². The predicted octanol–water partition coefficient (Wildman–Crippen LogP) is 7.32. The van der Waals surface area contributed by atoms with Crippen LogP contribution in [0.1, 0.15) is 53.3 Å². The lowest BCUT2D eigenvalue weighted by Gasteiger charge is -2.19. The van der Waals surface area contributed by atoms with Gasteiger partial charge in [0.2, 0.25) is 17.6 Å². The summed E-state index contributed by atoms with van der Waals surface area (Å²) in [6, 6.07) is 20.0. The van der Waals surface area contributed by atoms with Gasteiger partial charge in [0.15, 0.2) is 6.10 Å².